The van der Waals surface area contributed by atoms with Gasteiger partial charge >= 0.3 is 5.97 Å². The van der Waals surface area contributed by atoms with Gasteiger partial charge in [0.2, 0.25) is 0 Å². The van der Waals surface area contributed by atoms with Crippen molar-refractivity contribution in [1.82, 2.24) is 0 Å². The second-order valence-corrected chi connectivity index (χ2v) is 5.05. The van der Waals surface area contributed by atoms with E-state index in [9.17, 15) is 9.59 Å². The van der Waals surface area contributed by atoms with Crippen molar-refractivity contribution >= 4 is 27.7 Å². The number of hydrogen-bond donors (Lipinski definition) is 0. The Kier molecular flexibility index (Phi) is 4.69. The average molecular weight is 333 g/mol. The fraction of sp³-hybridized carbons (Fsp3) is 0.125. The number of carbonyl (C=O) groups excluding carboxylic acids is 2. The van der Waals surface area contributed by atoms with Crippen LogP contribution in [-0.2, 0) is 9.53 Å². The number of halogens is 1. The Hall–Kier alpha value is -1.94. The molecule has 0 unspecified atom stereocenters. The summed E-state index contributed by atoms with van der Waals surface area (Å²) in [4.78, 5) is 23.1. The van der Waals surface area contributed by atoms with Crippen LogP contribution in [0.5, 0.6) is 0 Å². The number of esters is 1. The summed E-state index contributed by atoms with van der Waals surface area (Å²) < 4.78 is 5.70. The molecule has 2 aromatic carbocycles. The van der Waals surface area contributed by atoms with E-state index >= 15 is 0 Å². The summed E-state index contributed by atoms with van der Waals surface area (Å²) in [5.74, 6) is -1.43. The van der Waals surface area contributed by atoms with Crippen LogP contribution in [0.25, 0.3) is 11.1 Å². The first-order valence-corrected chi connectivity index (χ1v) is 6.98. The Morgan fingerprint density at radius 3 is 1.95 bits per heavy atom. The zero-order chi connectivity index (χ0) is 14.5. The monoisotopic (exact) mass is 332 g/mol. The third-order valence-electron chi connectivity index (χ3n) is 2.79. The number of rotatable bonds is 4. The van der Waals surface area contributed by atoms with Crippen molar-refractivity contribution in [1.29, 1.82) is 0 Å². The van der Waals surface area contributed by atoms with Crippen LogP contribution in [0.3, 0.4) is 0 Å². The van der Waals surface area contributed by atoms with Crippen LogP contribution in [0.4, 0.5) is 0 Å². The minimum absolute atomic E-state index is 0.196. The van der Waals surface area contributed by atoms with Crippen molar-refractivity contribution in [3.8, 4) is 11.1 Å². The zero-order valence-electron chi connectivity index (χ0n) is 10.9. The molecule has 0 aliphatic carbocycles. The minimum Gasteiger partial charge on any atom is -0.460 e. The minimum atomic E-state index is -0.816. The van der Waals surface area contributed by atoms with Crippen LogP contribution < -0.4 is 0 Å². The van der Waals surface area contributed by atoms with Crippen LogP contribution >= 0.6 is 15.9 Å². The van der Waals surface area contributed by atoms with Crippen molar-refractivity contribution in [2.45, 2.75) is 6.92 Å². The van der Waals surface area contributed by atoms with Gasteiger partial charge in [0.15, 0.2) is 0 Å². The van der Waals surface area contributed by atoms with Crippen LogP contribution in [-0.4, -0.2) is 18.4 Å². The summed E-state index contributed by atoms with van der Waals surface area (Å²) in [5.41, 5.74) is 2.37. The van der Waals surface area contributed by atoms with Gasteiger partial charge in [-0.2, -0.15) is 0 Å². The van der Waals surface area contributed by atoms with Crippen LogP contribution in [0.1, 0.15) is 17.3 Å². The molecule has 3 nitrogen and oxygen atoms in total. The van der Waals surface area contributed by atoms with Crippen molar-refractivity contribution in [2.24, 2.45) is 0 Å². The van der Waals surface area contributed by atoms with Gasteiger partial charge in [-0.3, -0.25) is 4.79 Å². The van der Waals surface area contributed by atoms with Crippen LogP contribution in [0.2, 0.25) is 0 Å². The predicted octanol–water partition coefficient (Wildman–Crippen LogP) is 3.86. The molecule has 0 atom stereocenters. The molecule has 102 valence electrons. The van der Waals surface area contributed by atoms with E-state index in [1.54, 1.807) is 19.1 Å². The highest BCUT2D eigenvalue weighted by Gasteiger charge is 2.16. The summed E-state index contributed by atoms with van der Waals surface area (Å²) in [6.07, 6.45) is 0. The van der Waals surface area contributed by atoms with E-state index in [2.05, 4.69) is 15.9 Å². The van der Waals surface area contributed by atoms with Crippen LogP contribution in [0, 0.1) is 0 Å². The maximum Gasteiger partial charge on any atom is 0.379 e. The molecule has 0 saturated heterocycles. The van der Waals surface area contributed by atoms with Gasteiger partial charge in [-0.15, -0.1) is 0 Å². The van der Waals surface area contributed by atoms with Crippen molar-refractivity contribution < 1.29 is 14.3 Å². The second-order valence-electron chi connectivity index (χ2n) is 4.13. The maximum atomic E-state index is 11.7. The first-order valence-electron chi connectivity index (χ1n) is 6.19. The molecule has 2 rings (SSSR count). The van der Waals surface area contributed by atoms with E-state index in [-0.39, 0.29) is 6.61 Å². The number of Topliss-reactive ketones (excluding diaryl/α,β-unsaturated/α-hetero) is 1. The van der Waals surface area contributed by atoms with E-state index in [1.165, 1.54) is 0 Å². The Bertz CT molecular complexity index is 615. The number of carbonyl (C=O) groups is 2. The highest BCUT2D eigenvalue weighted by molar-refractivity contribution is 9.10. The highest BCUT2D eigenvalue weighted by atomic mass is 79.9. The highest BCUT2D eigenvalue weighted by Crippen LogP contribution is 2.22. The molecule has 0 fully saturated rings. The first kappa shape index (κ1) is 14.5. The van der Waals surface area contributed by atoms with Gasteiger partial charge < -0.3 is 4.74 Å². The van der Waals surface area contributed by atoms with Gasteiger partial charge in [0.05, 0.1) is 6.61 Å². The summed E-state index contributed by atoms with van der Waals surface area (Å²) in [5, 5.41) is 0. The molecule has 4 heteroatoms. The molecule has 0 aromatic heterocycles. The Balaban J connectivity index is 2.20. The lowest BCUT2D eigenvalue weighted by molar-refractivity contribution is -0.137. The SMILES string of the molecule is CCOC(=O)C(=O)c1ccc(-c2ccc(Br)cc2)cc1. The van der Waals surface area contributed by atoms with Crippen molar-refractivity contribution in [3.63, 3.8) is 0 Å². The third-order valence-corrected chi connectivity index (χ3v) is 3.31. The number of benzene rings is 2. The Labute approximate surface area is 125 Å². The Morgan fingerprint density at radius 1 is 0.950 bits per heavy atom. The predicted molar refractivity (Wildman–Crippen MR) is 80.5 cm³/mol. The van der Waals surface area contributed by atoms with E-state index in [4.69, 9.17) is 4.74 Å². The summed E-state index contributed by atoms with van der Waals surface area (Å²) in [7, 11) is 0. The number of ketones is 1. The van der Waals surface area contributed by atoms with Crippen LogP contribution in [0.15, 0.2) is 53.0 Å². The summed E-state index contributed by atoms with van der Waals surface area (Å²) in [6.45, 7) is 1.86. The fourth-order valence-electron chi connectivity index (χ4n) is 1.77. The molecule has 0 aliphatic rings. The first-order chi connectivity index (χ1) is 9.61. The lowest BCUT2D eigenvalue weighted by Crippen LogP contribution is -2.17. The summed E-state index contributed by atoms with van der Waals surface area (Å²) in [6, 6.07) is 14.8. The molecular weight excluding hydrogens is 320 g/mol. The van der Waals surface area contributed by atoms with Gasteiger partial charge in [-0.1, -0.05) is 52.3 Å². The van der Waals surface area contributed by atoms with Gasteiger partial charge in [0.1, 0.15) is 0 Å². The second kappa shape index (κ2) is 6.48. The Morgan fingerprint density at radius 2 is 1.45 bits per heavy atom. The molecule has 0 saturated carbocycles. The van der Waals surface area contributed by atoms with E-state index in [1.807, 2.05) is 36.4 Å². The lowest BCUT2D eigenvalue weighted by Gasteiger charge is -2.04. The average Bonchev–Trinajstić information content (AvgIpc) is 2.48. The molecular formula is C16H13BrO3. The van der Waals surface area contributed by atoms with Crippen molar-refractivity contribution in [3.05, 3.63) is 58.6 Å². The topological polar surface area (TPSA) is 43.4 Å². The van der Waals surface area contributed by atoms with E-state index in [0.717, 1.165) is 15.6 Å². The van der Waals surface area contributed by atoms with E-state index in [0.29, 0.717) is 5.56 Å². The quantitative estimate of drug-likeness (QED) is 0.485. The van der Waals surface area contributed by atoms with Gasteiger partial charge in [-0.05, 0) is 30.2 Å². The molecule has 0 radical (unpaired) electrons. The lowest BCUT2D eigenvalue weighted by atomic mass is 10.0. The zero-order valence-corrected chi connectivity index (χ0v) is 12.5. The molecule has 0 heterocycles. The maximum absolute atomic E-state index is 11.7. The molecule has 0 amide bonds. The largest absolute Gasteiger partial charge is 0.460 e. The van der Waals surface area contributed by atoms with Gasteiger partial charge in [0.25, 0.3) is 5.78 Å². The smallest absolute Gasteiger partial charge is 0.379 e. The third kappa shape index (κ3) is 3.33. The molecule has 0 aliphatic heterocycles. The normalized spacial score (nSPS) is 10.1. The molecule has 0 spiro atoms. The van der Waals surface area contributed by atoms with Crippen molar-refractivity contribution in [2.75, 3.05) is 6.61 Å². The standard InChI is InChI=1S/C16H13BrO3/c1-2-20-16(19)15(18)13-5-3-11(4-6-13)12-7-9-14(17)10-8-12/h3-10H,2H2,1H3. The fourth-order valence-corrected chi connectivity index (χ4v) is 2.04. The van der Waals surface area contributed by atoms with Gasteiger partial charge in [0, 0.05) is 10.0 Å². The molecule has 2 aromatic rings. The number of hydrogen-bond acceptors (Lipinski definition) is 3. The number of ether oxygens (including phenoxy) is 1. The van der Waals surface area contributed by atoms with Gasteiger partial charge in [-0.25, -0.2) is 4.79 Å². The molecule has 0 N–H and O–H groups in total. The summed E-state index contributed by atoms with van der Waals surface area (Å²) >= 11 is 3.38. The van der Waals surface area contributed by atoms with E-state index < -0.39 is 11.8 Å². The molecule has 20 heavy (non-hydrogen) atoms. The molecule has 0 bridgehead atoms.